The Bertz CT molecular complexity index is 129. The summed E-state index contributed by atoms with van der Waals surface area (Å²) in [5.41, 5.74) is 0. The molecule has 1 aliphatic rings. The fourth-order valence-corrected chi connectivity index (χ4v) is 1.05. The third-order valence-corrected chi connectivity index (χ3v) is 1.59. The molecule has 2 heteroatoms. The molecule has 0 saturated heterocycles. The molecule has 0 spiro atoms. The van der Waals surface area contributed by atoms with Gasteiger partial charge in [0.25, 0.3) is 0 Å². The molecule has 0 aromatic rings. The Kier molecular flexibility index (Phi) is 2.31. The van der Waals surface area contributed by atoms with E-state index in [1.54, 1.807) is 6.21 Å². The maximum absolute atomic E-state index is 8.16. The van der Waals surface area contributed by atoms with Crippen molar-refractivity contribution >= 4 is 6.21 Å². The van der Waals surface area contributed by atoms with Crippen LogP contribution in [0, 0.1) is 5.92 Å². The van der Waals surface area contributed by atoms with Crippen molar-refractivity contribution in [2.45, 2.75) is 19.3 Å². The molecule has 0 fully saturated rings. The largest absolute Gasteiger partial charge is 0.411 e. The molecule has 1 N–H and O–H groups in total. The maximum atomic E-state index is 8.16. The smallest absolute Gasteiger partial charge is 0.0470 e. The molecular formula is C7H11NO. The average Bonchev–Trinajstić information content (AvgIpc) is 1.91. The molecule has 1 rings (SSSR count). The van der Waals surface area contributed by atoms with E-state index in [2.05, 4.69) is 17.3 Å². The monoisotopic (exact) mass is 125 g/mol. The summed E-state index contributed by atoms with van der Waals surface area (Å²) in [5.74, 6) is 0.472. The first-order valence-electron chi connectivity index (χ1n) is 3.26. The summed E-state index contributed by atoms with van der Waals surface area (Å²) in [6, 6.07) is 0. The molecule has 50 valence electrons. The Hall–Kier alpha value is -0.790. The molecule has 1 unspecified atom stereocenters. The minimum absolute atomic E-state index is 0.472. The number of nitrogens with zero attached hydrogens (tertiary/aromatic N) is 1. The number of rotatable bonds is 1. The first-order valence-corrected chi connectivity index (χ1v) is 3.26. The molecular weight excluding hydrogens is 114 g/mol. The highest BCUT2D eigenvalue weighted by Gasteiger charge is 2.05. The third kappa shape index (κ3) is 1.88. The quantitative estimate of drug-likeness (QED) is 0.246. The normalized spacial score (nSPS) is 27.3. The van der Waals surface area contributed by atoms with Crippen LogP contribution in [0.3, 0.4) is 0 Å². The number of oxime groups is 1. The van der Waals surface area contributed by atoms with Crippen LogP contribution in [0.15, 0.2) is 17.3 Å². The van der Waals surface area contributed by atoms with Gasteiger partial charge in [-0.1, -0.05) is 12.2 Å². The van der Waals surface area contributed by atoms with Crippen LogP contribution < -0.4 is 0 Å². The zero-order valence-corrected chi connectivity index (χ0v) is 5.33. The zero-order chi connectivity index (χ0) is 6.53. The molecule has 9 heavy (non-hydrogen) atoms. The second-order valence-corrected chi connectivity index (χ2v) is 2.31. The zero-order valence-electron chi connectivity index (χ0n) is 5.33. The van der Waals surface area contributed by atoms with E-state index in [4.69, 9.17) is 5.21 Å². The van der Waals surface area contributed by atoms with Gasteiger partial charge in [-0.25, -0.2) is 0 Å². The molecule has 2 nitrogen and oxygen atoms in total. The van der Waals surface area contributed by atoms with Crippen molar-refractivity contribution in [2.75, 3.05) is 0 Å². The molecule has 0 amide bonds. The lowest BCUT2D eigenvalue weighted by molar-refractivity contribution is 0.317. The van der Waals surface area contributed by atoms with E-state index in [1.807, 2.05) is 0 Å². The number of hydrogen-bond donors (Lipinski definition) is 1. The summed E-state index contributed by atoms with van der Waals surface area (Å²) >= 11 is 0. The highest BCUT2D eigenvalue weighted by molar-refractivity contribution is 5.60. The fraction of sp³-hybridized carbons (Fsp3) is 0.571. The second-order valence-electron chi connectivity index (χ2n) is 2.31. The predicted octanol–water partition coefficient (Wildman–Crippen LogP) is 1.80. The predicted molar refractivity (Wildman–Crippen MR) is 36.8 cm³/mol. The molecule has 0 bridgehead atoms. The van der Waals surface area contributed by atoms with Crippen LogP contribution in [0.25, 0.3) is 0 Å². The summed E-state index contributed by atoms with van der Waals surface area (Å²) < 4.78 is 0. The van der Waals surface area contributed by atoms with Crippen molar-refractivity contribution in [3.8, 4) is 0 Å². The highest BCUT2D eigenvalue weighted by Crippen LogP contribution is 2.15. The standard InChI is InChI=1S/C7H11NO/c9-8-6-7-4-2-1-3-5-7/h1-2,6-7,9H,3-5H2/b8-6-. The van der Waals surface area contributed by atoms with E-state index < -0.39 is 0 Å². The Morgan fingerprint density at radius 2 is 2.44 bits per heavy atom. The molecule has 0 aromatic heterocycles. The summed E-state index contributed by atoms with van der Waals surface area (Å²) in [5, 5.41) is 11.2. The van der Waals surface area contributed by atoms with Crippen molar-refractivity contribution in [2.24, 2.45) is 11.1 Å². The van der Waals surface area contributed by atoms with Crippen LogP contribution >= 0.6 is 0 Å². The van der Waals surface area contributed by atoms with Crippen LogP contribution in [0.1, 0.15) is 19.3 Å². The van der Waals surface area contributed by atoms with Gasteiger partial charge in [-0.15, -0.1) is 5.16 Å². The van der Waals surface area contributed by atoms with E-state index in [-0.39, 0.29) is 0 Å². The van der Waals surface area contributed by atoms with Gasteiger partial charge in [0.2, 0.25) is 0 Å². The lowest BCUT2D eigenvalue weighted by Crippen LogP contribution is -2.02. The van der Waals surface area contributed by atoms with Crippen LogP contribution in [0.5, 0.6) is 0 Å². The lowest BCUT2D eigenvalue weighted by atomic mass is 9.96. The minimum atomic E-state index is 0.472. The molecule has 0 heterocycles. The van der Waals surface area contributed by atoms with Crippen LogP contribution in [-0.2, 0) is 0 Å². The lowest BCUT2D eigenvalue weighted by Gasteiger charge is -2.10. The van der Waals surface area contributed by atoms with Gasteiger partial charge in [0, 0.05) is 12.1 Å². The number of hydrogen-bond acceptors (Lipinski definition) is 2. The molecule has 0 aliphatic heterocycles. The third-order valence-electron chi connectivity index (χ3n) is 1.59. The van der Waals surface area contributed by atoms with E-state index in [0.717, 1.165) is 19.3 Å². The van der Waals surface area contributed by atoms with Crippen LogP contribution in [0.4, 0.5) is 0 Å². The van der Waals surface area contributed by atoms with E-state index in [9.17, 15) is 0 Å². The van der Waals surface area contributed by atoms with Crippen molar-refractivity contribution in [3.05, 3.63) is 12.2 Å². The van der Waals surface area contributed by atoms with Gasteiger partial charge in [-0.3, -0.25) is 0 Å². The van der Waals surface area contributed by atoms with Gasteiger partial charge in [-0.05, 0) is 19.3 Å². The Balaban J connectivity index is 2.35. The summed E-state index contributed by atoms with van der Waals surface area (Å²) in [6.45, 7) is 0. The van der Waals surface area contributed by atoms with Gasteiger partial charge < -0.3 is 5.21 Å². The molecule has 1 aliphatic carbocycles. The van der Waals surface area contributed by atoms with E-state index >= 15 is 0 Å². The van der Waals surface area contributed by atoms with Crippen molar-refractivity contribution in [3.63, 3.8) is 0 Å². The molecule has 0 saturated carbocycles. The van der Waals surface area contributed by atoms with Gasteiger partial charge in [-0.2, -0.15) is 0 Å². The van der Waals surface area contributed by atoms with Crippen molar-refractivity contribution in [1.29, 1.82) is 0 Å². The first-order chi connectivity index (χ1) is 4.43. The van der Waals surface area contributed by atoms with Gasteiger partial charge in [0.15, 0.2) is 0 Å². The molecule has 0 radical (unpaired) electrons. The van der Waals surface area contributed by atoms with Crippen molar-refractivity contribution in [1.82, 2.24) is 0 Å². The Morgan fingerprint density at radius 1 is 1.56 bits per heavy atom. The molecule has 0 aromatic carbocycles. The van der Waals surface area contributed by atoms with Gasteiger partial charge >= 0.3 is 0 Å². The number of allylic oxidation sites excluding steroid dienone is 2. The van der Waals surface area contributed by atoms with Crippen molar-refractivity contribution < 1.29 is 5.21 Å². The van der Waals surface area contributed by atoms with E-state index in [1.165, 1.54) is 0 Å². The van der Waals surface area contributed by atoms with Crippen LogP contribution in [0.2, 0.25) is 0 Å². The maximum Gasteiger partial charge on any atom is 0.0470 e. The topological polar surface area (TPSA) is 32.6 Å². The van der Waals surface area contributed by atoms with Gasteiger partial charge in [0.1, 0.15) is 0 Å². The SMILES string of the molecule is O/N=C\C1CC=CCC1. The second kappa shape index (κ2) is 3.28. The summed E-state index contributed by atoms with van der Waals surface area (Å²) in [4.78, 5) is 0. The minimum Gasteiger partial charge on any atom is -0.411 e. The fourth-order valence-electron chi connectivity index (χ4n) is 1.05. The van der Waals surface area contributed by atoms with Gasteiger partial charge in [0.05, 0.1) is 0 Å². The summed E-state index contributed by atoms with van der Waals surface area (Å²) in [6.07, 6.45) is 9.20. The average molecular weight is 125 g/mol. The first kappa shape index (κ1) is 6.33. The van der Waals surface area contributed by atoms with Crippen LogP contribution in [-0.4, -0.2) is 11.4 Å². The molecule has 1 atom stereocenters. The highest BCUT2D eigenvalue weighted by atomic mass is 16.4. The Morgan fingerprint density at radius 3 is 3.00 bits per heavy atom. The summed E-state index contributed by atoms with van der Waals surface area (Å²) in [7, 11) is 0. The van der Waals surface area contributed by atoms with E-state index in [0.29, 0.717) is 5.92 Å². The Labute approximate surface area is 54.9 Å².